The quantitative estimate of drug-likeness (QED) is 0.534. The highest BCUT2D eigenvalue weighted by Crippen LogP contribution is 2.24. The van der Waals surface area contributed by atoms with Gasteiger partial charge in [-0.15, -0.1) is 0 Å². The van der Waals surface area contributed by atoms with Gasteiger partial charge in [0.1, 0.15) is 23.8 Å². The van der Waals surface area contributed by atoms with Crippen molar-refractivity contribution in [2.75, 3.05) is 13.1 Å². The minimum atomic E-state index is -1.01. The number of carbonyl (C=O) groups excluding carboxylic acids is 4. The van der Waals surface area contributed by atoms with Gasteiger partial charge in [0.2, 0.25) is 11.8 Å². The van der Waals surface area contributed by atoms with Gasteiger partial charge in [0.15, 0.2) is 5.69 Å². The Balaban J connectivity index is 1.86. The Morgan fingerprint density at radius 2 is 1.95 bits per heavy atom. The van der Waals surface area contributed by atoms with E-state index >= 15 is 0 Å². The van der Waals surface area contributed by atoms with Crippen LogP contribution in [0.5, 0.6) is 0 Å². The average Bonchev–Trinajstić information content (AvgIpc) is 3.52. The molecule has 3 heterocycles. The van der Waals surface area contributed by atoms with Gasteiger partial charge in [0.05, 0.1) is 12.5 Å². The Kier molecular flexibility index (Phi) is 9.95. The summed E-state index contributed by atoms with van der Waals surface area (Å²) in [4.78, 5) is 56.3. The monoisotopic (exact) mass is 525 g/mol. The van der Waals surface area contributed by atoms with Crippen molar-refractivity contribution in [3.8, 4) is 0 Å². The van der Waals surface area contributed by atoms with Gasteiger partial charge in [-0.05, 0) is 25.3 Å². The van der Waals surface area contributed by atoms with Crippen LogP contribution in [0.1, 0.15) is 56.9 Å². The first-order valence-electron chi connectivity index (χ1n) is 12.7. The molecule has 204 valence electrons. The van der Waals surface area contributed by atoms with E-state index in [1.807, 2.05) is 20.8 Å². The van der Waals surface area contributed by atoms with E-state index in [-0.39, 0.29) is 66.7 Å². The number of hydrogen-bond acceptors (Lipinski definition) is 8. The second kappa shape index (κ2) is 13.1. The number of fused-ring (bicyclic) bond motifs is 3. The number of allylic oxidation sites excluding steroid dienone is 2. The molecule has 1 aromatic heterocycles. The maximum atomic E-state index is 13.1. The van der Waals surface area contributed by atoms with Gasteiger partial charge >= 0.3 is 5.97 Å². The summed E-state index contributed by atoms with van der Waals surface area (Å²) < 4.78 is 11.1. The van der Waals surface area contributed by atoms with Crippen LogP contribution in [0.3, 0.4) is 0 Å². The number of oxazole rings is 1. The Bertz CT molecular complexity index is 1170. The lowest BCUT2D eigenvalue weighted by molar-refractivity contribution is -0.149. The highest BCUT2D eigenvalue weighted by Gasteiger charge is 2.33. The number of rotatable bonds is 1. The van der Waals surface area contributed by atoms with Crippen molar-refractivity contribution in [2.45, 2.75) is 59.2 Å². The summed E-state index contributed by atoms with van der Waals surface area (Å²) in [6, 6.07) is 0. The van der Waals surface area contributed by atoms with Gasteiger partial charge in [-0.1, -0.05) is 56.7 Å². The minimum Gasteiger partial charge on any atom is -0.457 e. The van der Waals surface area contributed by atoms with Gasteiger partial charge < -0.3 is 24.5 Å². The Hall–Kier alpha value is -3.79. The summed E-state index contributed by atoms with van der Waals surface area (Å²) in [5, 5.41) is 13.0. The number of esters is 1. The molecular weight excluding hydrogens is 490 g/mol. The minimum absolute atomic E-state index is 0.0315. The standard InChI is InChI=1S/C28H35N3O7/c1-17(2)26-19(4)9-10-24(34)29-11-5-7-18(3)13-20(32)14-21(33)15-25-30-22(16-37-25)27(35)31-12-6-8-23(31)28(36)38-26/h5,7-10,13,16-17,19-20,26,32H,6,11-12,14-15H2,1-4H3,(H,29,34)/t19-,20-,26?/m1/s1. The third kappa shape index (κ3) is 7.85. The van der Waals surface area contributed by atoms with E-state index in [0.29, 0.717) is 6.42 Å². The molecule has 2 aliphatic rings. The third-order valence-corrected chi connectivity index (χ3v) is 6.19. The van der Waals surface area contributed by atoms with E-state index in [1.165, 1.54) is 11.0 Å². The Labute approximate surface area is 222 Å². The molecule has 0 saturated heterocycles. The van der Waals surface area contributed by atoms with Crippen molar-refractivity contribution in [1.82, 2.24) is 15.2 Å². The molecule has 0 saturated carbocycles. The molecule has 0 radical (unpaired) electrons. The lowest BCUT2D eigenvalue weighted by Gasteiger charge is -2.27. The molecule has 2 aliphatic heterocycles. The summed E-state index contributed by atoms with van der Waals surface area (Å²) in [5.74, 6) is -2.07. The summed E-state index contributed by atoms with van der Waals surface area (Å²) in [7, 11) is 0. The van der Waals surface area contributed by atoms with E-state index in [9.17, 15) is 24.3 Å². The molecule has 0 fully saturated rings. The number of aliphatic hydroxyl groups is 1. The topological polar surface area (TPSA) is 139 Å². The Morgan fingerprint density at radius 1 is 1.18 bits per heavy atom. The molecule has 2 N–H and O–H groups in total. The highest BCUT2D eigenvalue weighted by molar-refractivity contribution is 6.00. The summed E-state index contributed by atoms with van der Waals surface area (Å²) in [6.07, 6.45) is 9.48. The zero-order valence-electron chi connectivity index (χ0n) is 22.2. The number of nitrogens with zero attached hydrogens (tertiary/aromatic N) is 2. The number of aliphatic hydroxyl groups excluding tert-OH is 1. The van der Waals surface area contributed by atoms with Crippen LogP contribution < -0.4 is 5.32 Å². The summed E-state index contributed by atoms with van der Waals surface area (Å²) in [6.45, 7) is 8.00. The first-order valence-corrected chi connectivity index (χ1v) is 12.7. The van der Waals surface area contributed by atoms with Crippen LogP contribution in [0.15, 0.2) is 58.4 Å². The number of aromatic nitrogens is 1. The molecule has 0 aromatic carbocycles. The molecule has 2 amide bonds. The van der Waals surface area contributed by atoms with Crippen LogP contribution in [0.2, 0.25) is 0 Å². The van der Waals surface area contributed by atoms with E-state index in [1.54, 1.807) is 37.3 Å². The molecule has 0 aliphatic carbocycles. The third-order valence-electron chi connectivity index (χ3n) is 6.19. The second-order valence-corrected chi connectivity index (χ2v) is 9.84. The molecule has 2 bridgehead atoms. The second-order valence-electron chi connectivity index (χ2n) is 9.84. The molecule has 38 heavy (non-hydrogen) atoms. The number of nitrogens with one attached hydrogen (secondary N) is 1. The number of Topliss-reactive ketones (excluding diaryl/α,β-unsaturated/α-hetero) is 1. The average molecular weight is 526 g/mol. The van der Waals surface area contributed by atoms with Gasteiger partial charge in [0, 0.05) is 25.4 Å². The van der Waals surface area contributed by atoms with Crippen molar-refractivity contribution < 1.29 is 33.4 Å². The van der Waals surface area contributed by atoms with Crippen LogP contribution in [-0.2, 0) is 25.5 Å². The molecule has 1 unspecified atom stereocenters. The van der Waals surface area contributed by atoms with Crippen molar-refractivity contribution in [3.05, 3.63) is 65.6 Å². The number of ketones is 1. The molecule has 0 spiro atoms. The predicted octanol–water partition coefficient (Wildman–Crippen LogP) is 2.66. The van der Waals surface area contributed by atoms with Crippen molar-refractivity contribution in [3.63, 3.8) is 0 Å². The maximum absolute atomic E-state index is 13.1. The first-order chi connectivity index (χ1) is 18.0. The highest BCUT2D eigenvalue weighted by atomic mass is 16.5. The summed E-state index contributed by atoms with van der Waals surface area (Å²) in [5.41, 5.74) is 0.809. The molecule has 10 nitrogen and oxygen atoms in total. The van der Waals surface area contributed by atoms with Crippen LogP contribution in [-0.4, -0.2) is 63.9 Å². The van der Waals surface area contributed by atoms with E-state index < -0.39 is 24.1 Å². The number of hydrogen-bond donors (Lipinski definition) is 2. The lowest BCUT2D eigenvalue weighted by atomic mass is 9.94. The first kappa shape index (κ1) is 28.8. The maximum Gasteiger partial charge on any atom is 0.355 e. The van der Waals surface area contributed by atoms with E-state index in [2.05, 4.69) is 10.3 Å². The van der Waals surface area contributed by atoms with Crippen molar-refractivity contribution in [1.29, 1.82) is 0 Å². The zero-order valence-corrected chi connectivity index (χ0v) is 22.2. The largest absolute Gasteiger partial charge is 0.457 e. The van der Waals surface area contributed by atoms with Crippen molar-refractivity contribution in [2.24, 2.45) is 11.8 Å². The Morgan fingerprint density at radius 3 is 2.68 bits per heavy atom. The lowest BCUT2D eigenvalue weighted by Crippen LogP contribution is -2.36. The van der Waals surface area contributed by atoms with E-state index in [0.717, 1.165) is 11.8 Å². The number of ether oxygens (including phenoxy) is 1. The van der Waals surface area contributed by atoms with Gasteiger partial charge in [-0.2, -0.15) is 0 Å². The fourth-order valence-electron chi connectivity index (χ4n) is 4.33. The molecule has 3 rings (SSSR count). The van der Waals surface area contributed by atoms with Crippen LogP contribution in [0.4, 0.5) is 0 Å². The SMILES string of the molecule is CC1=C[C@@H](O)CC(=O)Cc2nc(co2)C(=O)N2CCC=C2C(=O)OC(C(C)C)[C@H](C)C=CC(=O)NCC=C1. The van der Waals surface area contributed by atoms with Crippen molar-refractivity contribution >= 4 is 23.6 Å². The normalized spacial score (nSPS) is 24.6. The number of carbonyl (C=O) groups is 4. The fraction of sp³-hybridized carbons (Fsp3) is 0.464. The molecular formula is C28H35N3O7. The van der Waals surface area contributed by atoms with Crippen LogP contribution in [0.25, 0.3) is 0 Å². The van der Waals surface area contributed by atoms with Gasteiger partial charge in [0.25, 0.3) is 5.91 Å². The van der Waals surface area contributed by atoms with Crippen LogP contribution in [0, 0.1) is 11.8 Å². The summed E-state index contributed by atoms with van der Waals surface area (Å²) >= 11 is 0. The van der Waals surface area contributed by atoms with Gasteiger partial charge in [-0.3, -0.25) is 14.4 Å². The molecule has 1 aromatic rings. The number of amides is 2. The number of cyclic esters (lactones) is 1. The molecule has 10 heteroatoms. The van der Waals surface area contributed by atoms with Crippen LogP contribution >= 0.6 is 0 Å². The van der Waals surface area contributed by atoms with E-state index in [4.69, 9.17) is 9.15 Å². The smallest absolute Gasteiger partial charge is 0.355 e. The molecule has 3 atom stereocenters. The zero-order chi connectivity index (χ0) is 27.8. The van der Waals surface area contributed by atoms with Gasteiger partial charge in [-0.25, -0.2) is 9.78 Å². The predicted molar refractivity (Wildman–Crippen MR) is 139 cm³/mol. The fourth-order valence-corrected chi connectivity index (χ4v) is 4.33.